The van der Waals surface area contributed by atoms with E-state index in [4.69, 9.17) is 64.9 Å². The molecule has 4 fully saturated rings. The largest absolute Gasteiger partial charge is 0.573 e. The van der Waals surface area contributed by atoms with E-state index >= 15 is 0 Å². The molecule has 20 rings (SSSR count). The first-order chi connectivity index (χ1) is 58.9. The smallest absolute Gasteiger partial charge is 0.495 e. The van der Waals surface area contributed by atoms with Crippen molar-refractivity contribution >= 4 is 124 Å². The molecule has 0 radical (unpaired) electrons. The van der Waals surface area contributed by atoms with Gasteiger partial charge in [0.25, 0.3) is 0 Å². The number of alkyl halides is 3. The lowest BCUT2D eigenvalue weighted by molar-refractivity contribution is -0.274. The van der Waals surface area contributed by atoms with Crippen molar-refractivity contribution in [1.29, 1.82) is 0 Å². The van der Waals surface area contributed by atoms with E-state index in [2.05, 4.69) is 88.1 Å². The van der Waals surface area contributed by atoms with Crippen LogP contribution in [0.15, 0.2) is 129 Å². The molecule has 35 nitrogen and oxygen atoms in total. The topological polar surface area (TPSA) is 497 Å². The number of hydrogen-bond donors (Lipinski definition) is 11. The Hall–Kier alpha value is -14.2. The van der Waals surface area contributed by atoms with E-state index < -0.39 is 18.3 Å². The number of rotatable bonds is 13. The van der Waals surface area contributed by atoms with Gasteiger partial charge in [0, 0.05) is 90.2 Å². The number of carbonyl (C=O) groups excluding carboxylic acids is 2. The van der Waals surface area contributed by atoms with Crippen LogP contribution in [-0.4, -0.2) is 170 Å². The zero-order valence-electron chi connectivity index (χ0n) is 66.3. The highest BCUT2D eigenvalue weighted by Gasteiger charge is 2.37. The fourth-order valence-electron chi connectivity index (χ4n) is 17.7. The van der Waals surface area contributed by atoms with Crippen LogP contribution in [-0.2, 0) is 21.4 Å². The average molecular weight is 1700 g/mol. The monoisotopic (exact) mass is 1700 g/mol. The summed E-state index contributed by atoms with van der Waals surface area (Å²) in [6, 6.07) is 29.6. The minimum absolute atomic E-state index is 0. The maximum Gasteiger partial charge on any atom is 0.573 e. The number of benzene rings is 4. The lowest BCUT2D eigenvalue weighted by atomic mass is 9.81. The number of H-pyrrole nitrogens is 3. The molecule has 0 spiro atoms. The number of nitrogens with two attached hydrogens (primary N) is 5. The number of halogens is 4. The molecular formula is C84H89ClF3N27O8. The molecular weight excluding hydrogens is 1610 g/mol. The SMILES string of the molecule is C.CNC(=O)C1CCC(c2nc(-c3cc4cccc(Cl)c4[nH]3)c3c(N)ncnn23)CC1.COc1cccc2cc(-c3nc(C4CCN(C(N)=O)CC4)n4ncnc(N)c34)[nH]c12.Cn1ccc2ccc(-c3nc(C4CCC(C(=O)O)CC4)n4ncnc(N)c34)cc21.Nc1ncnn2c(C3CCC(C(=O)O)CC3)nc(-c3cc4cccc(OC(F)(F)F)c4[nH]3)c12. The van der Waals surface area contributed by atoms with Gasteiger partial charge in [-0.15, -0.1) is 13.2 Å². The number of piperidine rings is 1. The first-order valence-electron chi connectivity index (χ1n) is 39.9. The second kappa shape index (κ2) is 33.8. The number of imidazole rings is 4. The van der Waals surface area contributed by atoms with Gasteiger partial charge in [0.05, 0.1) is 57.6 Å². The number of likely N-dealkylation sites (tertiary alicyclic amines) is 1. The molecule has 636 valence electrons. The van der Waals surface area contributed by atoms with Gasteiger partial charge in [-0.25, -0.2) is 62.7 Å². The van der Waals surface area contributed by atoms with Gasteiger partial charge in [-0.05, 0) is 144 Å². The number of hydrogen-bond acceptors (Lipinski definition) is 22. The summed E-state index contributed by atoms with van der Waals surface area (Å²) in [6.45, 7) is 1.18. The number of nitrogens with one attached hydrogen (secondary N) is 4. The molecule has 16 aromatic rings. The van der Waals surface area contributed by atoms with Gasteiger partial charge in [0.1, 0.15) is 99.2 Å². The van der Waals surface area contributed by atoms with Crippen molar-refractivity contribution in [3.8, 4) is 56.9 Å². The quantitative estimate of drug-likeness (QED) is 0.0511. The maximum absolute atomic E-state index is 12.8. The predicted octanol–water partition coefficient (Wildman–Crippen LogP) is 13.6. The number of urea groups is 1. The Kier molecular flexibility index (Phi) is 22.7. The Labute approximate surface area is 703 Å². The van der Waals surface area contributed by atoms with Crippen molar-refractivity contribution in [2.24, 2.45) is 30.5 Å². The van der Waals surface area contributed by atoms with Crippen molar-refractivity contribution in [3.63, 3.8) is 0 Å². The van der Waals surface area contributed by atoms with Crippen LogP contribution < -0.4 is 43.5 Å². The molecule has 16 N–H and O–H groups in total. The number of aromatic nitrogens is 20. The summed E-state index contributed by atoms with van der Waals surface area (Å²) in [5.74, 6) is 3.28. The third kappa shape index (κ3) is 16.0. The molecule has 12 aromatic heterocycles. The molecule has 0 atom stereocenters. The Bertz CT molecular complexity index is 6690. The lowest BCUT2D eigenvalue weighted by Gasteiger charge is -2.29. The van der Waals surface area contributed by atoms with Gasteiger partial charge in [0.15, 0.2) is 29.0 Å². The Morgan fingerprint density at radius 2 is 0.878 bits per heavy atom. The number of ether oxygens (including phenoxy) is 2. The highest BCUT2D eigenvalue weighted by Crippen LogP contribution is 2.45. The first-order valence-corrected chi connectivity index (χ1v) is 40.3. The van der Waals surface area contributed by atoms with Crippen LogP contribution in [0.25, 0.3) is 111 Å². The highest BCUT2D eigenvalue weighted by atomic mass is 35.5. The van der Waals surface area contributed by atoms with E-state index in [0.717, 1.165) is 130 Å². The number of para-hydroxylation sites is 3. The normalized spacial score (nSPS) is 18.3. The summed E-state index contributed by atoms with van der Waals surface area (Å²) < 4.78 is 57.1. The van der Waals surface area contributed by atoms with Crippen LogP contribution >= 0.6 is 11.6 Å². The maximum atomic E-state index is 12.8. The molecule has 39 heteroatoms. The average Bonchev–Trinajstić information content (AvgIpc) is 1.64. The molecule has 3 aliphatic carbocycles. The van der Waals surface area contributed by atoms with E-state index in [-0.39, 0.29) is 77.9 Å². The van der Waals surface area contributed by atoms with E-state index in [1.165, 1.54) is 37.4 Å². The highest BCUT2D eigenvalue weighted by molar-refractivity contribution is 6.35. The lowest BCUT2D eigenvalue weighted by Crippen LogP contribution is -2.41. The zero-order valence-corrected chi connectivity index (χ0v) is 67.0. The molecule has 3 amide bonds. The van der Waals surface area contributed by atoms with Crippen molar-refractivity contribution in [2.75, 3.05) is 50.2 Å². The molecule has 1 saturated heterocycles. The molecule has 0 unspecified atom stereocenters. The summed E-state index contributed by atoms with van der Waals surface area (Å²) in [6.07, 6.45) is 12.9. The zero-order chi connectivity index (χ0) is 85.1. The molecule has 0 bridgehead atoms. The minimum Gasteiger partial charge on any atom is -0.495 e. The van der Waals surface area contributed by atoms with Gasteiger partial charge in [-0.3, -0.25) is 14.4 Å². The van der Waals surface area contributed by atoms with Crippen LogP contribution in [0.3, 0.4) is 0 Å². The van der Waals surface area contributed by atoms with Gasteiger partial charge in [-0.1, -0.05) is 67.6 Å². The molecule has 3 saturated carbocycles. The van der Waals surface area contributed by atoms with E-state index in [1.54, 1.807) is 49.3 Å². The van der Waals surface area contributed by atoms with E-state index in [1.807, 2.05) is 67.8 Å². The summed E-state index contributed by atoms with van der Waals surface area (Å²) in [7, 11) is 5.35. The number of amides is 3. The number of primary amides is 1. The predicted molar refractivity (Wildman–Crippen MR) is 456 cm³/mol. The molecule has 4 aliphatic rings. The number of aliphatic carboxylic acids is 2. The van der Waals surface area contributed by atoms with Gasteiger partial charge in [0.2, 0.25) is 5.91 Å². The van der Waals surface area contributed by atoms with Crippen molar-refractivity contribution in [1.82, 2.24) is 108 Å². The number of carboxylic acid groups (broad SMARTS) is 2. The number of aryl methyl sites for hydroxylation is 1. The first kappa shape index (κ1) is 82.5. The van der Waals surface area contributed by atoms with Crippen LogP contribution in [0.2, 0.25) is 5.02 Å². The van der Waals surface area contributed by atoms with Crippen LogP contribution in [0.5, 0.6) is 11.5 Å². The van der Waals surface area contributed by atoms with Crippen molar-refractivity contribution < 1.29 is 52.0 Å². The Balaban J connectivity index is 0.000000121. The third-order valence-corrected chi connectivity index (χ3v) is 24.2. The number of nitrogens with zero attached hydrogens (tertiary/aromatic N) is 18. The molecule has 4 aromatic carbocycles. The number of fused-ring (bicyclic) bond motifs is 8. The number of carbonyl (C=O) groups is 4. The second-order valence-electron chi connectivity index (χ2n) is 31.1. The number of anilines is 4. The number of carboxylic acids is 2. The second-order valence-corrected chi connectivity index (χ2v) is 31.5. The van der Waals surface area contributed by atoms with Crippen molar-refractivity contribution in [3.05, 3.63) is 157 Å². The number of nitrogen functional groups attached to an aromatic ring is 4. The summed E-state index contributed by atoms with van der Waals surface area (Å²) in [4.78, 5) is 93.6. The van der Waals surface area contributed by atoms with E-state index in [0.29, 0.717) is 130 Å². The molecule has 13 heterocycles. The fraction of sp³-hybridized carbons (Fsp3) is 0.333. The minimum atomic E-state index is -4.83. The number of aromatic amines is 3. The van der Waals surface area contributed by atoms with Crippen LogP contribution in [0.4, 0.5) is 41.2 Å². The molecule has 1 aliphatic heterocycles. The number of methoxy groups -OCH3 is 1. The Morgan fingerprint density at radius 1 is 0.496 bits per heavy atom. The summed E-state index contributed by atoms with van der Waals surface area (Å²) >= 11 is 6.35. The molecule has 123 heavy (non-hydrogen) atoms. The summed E-state index contributed by atoms with van der Waals surface area (Å²) in [5.41, 5.74) is 41.4. The van der Waals surface area contributed by atoms with Crippen LogP contribution in [0, 0.1) is 17.8 Å². The third-order valence-electron chi connectivity index (χ3n) is 23.9. The standard InChI is InChI=1S/C21H22ClN7O.C21H19F3N6O3.C21H22N6O2.C20H22N8O2.CH4/c1-24-21(30)12-7-5-11(6-8-12)20-28-17(18-19(23)25-10-26-29(18)20)15-9-13-3-2-4-14(22)16(13)27-15;22-21(23,24)33-14-3-1-2-12-8-13(28-15(12)14)16-17-18(25)26-9-27-30(17)19(29-16)10-4-6-11(7-5-10)20(31)32;1-26-9-8-12-2-7-15(10-16(12)26)17-18-19(22)23-11-24-27(18)20(25-17)13-3-5-14(6-4-13)21(28)29;1-30-14-4-2-3-12-9-13(25-15(12)14)16-17-18(21)23-10-24-28(17)19(26-16)11-5-7-27(8-6-11)20(22)29;/h2-4,9-12,27H,5-8H2,1H3,(H,24,30)(H2,23,25,26);1-3,8-11,28H,4-7H2,(H,31,32)(H2,25,26,27);2,7-11,13-14H,3-6H2,1H3,(H,28,29)(H2,22,23,24);2-4,9-11,25H,5-8H2,1H3,(H2,22,29)(H2,21,23,24);1H4. The Morgan fingerprint density at radius 3 is 1.28 bits per heavy atom. The van der Waals surface area contributed by atoms with Gasteiger partial charge < -0.3 is 78.1 Å². The van der Waals surface area contributed by atoms with E-state index in [9.17, 15) is 42.6 Å². The van der Waals surface area contributed by atoms with Gasteiger partial charge in [-0.2, -0.15) is 20.4 Å². The fourth-order valence-corrected chi connectivity index (χ4v) is 17.9. The van der Waals surface area contributed by atoms with Crippen LogP contribution in [0.1, 0.15) is 144 Å². The summed E-state index contributed by atoms with van der Waals surface area (Å²) in [5, 5.41) is 43.3. The van der Waals surface area contributed by atoms with Crippen molar-refractivity contribution in [2.45, 2.75) is 127 Å². The van der Waals surface area contributed by atoms with Gasteiger partial charge >= 0.3 is 24.3 Å².